The number of rotatable bonds is 65. The maximum absolute atomic E-state index is 13.0. The average Bonchev–Trinajstić information content (AvgIpc) is 3.49. The van der Waals surface area contributed by atoms with E-state index in [1.807, 2.05) is 0 Å². The van der Waals surface area contributed by atoms with E-state index >= 15 is 0 Å². The molecule has 3 N–H and O–H groups in total. The number of phosphoric ester groups is 2. The third kappa shape index (κ3) is 59.0. The Balaban J connectivity index is 5.22. The SMILES string of the molecule is CCCCCCCCCCCCCCC(=O)OC[C@H](COP(=O)(O)OC[C@@H](O)COP(=O)(O)OC[C@@H](COC(=O)CCCCCCCCCCC)OC(=O)CCCCCCCCCCC)OC(=O)CCCCCCCCCCCCCC(C)C. The van der Waals surface area contributed by atoms with E-state index in [0.717, 1.165) is 95.8 Å². The summed E-state index contributed by atoms with van der Waals surface area (Å²) in [4.78, 5) is 72.2. The molecule has 0 heterocycles. The van der Waals surface area contributed by atoms with Gasteiger partial charge in [0, 0.05) is 25.7 Å². The van der Waals surface area contributed by atoms with Gasteiger partial charge in [0.1, 0.15) is 19.3 Å². The van der Waals surface area contributed by atoms with Crippen molar-refractivity contribution in [1.82, 2.24) is 0 Å². The summed E-state index contributed by atoms with van der Waals surface area (Å²) >= 11 is 0. The Kier molecular flexibility index (Phi) is 57.4. The number of phosphoric acid groups is 2. The topological polar surface area (TPSA) is 237 Å². The van der Waals surface area contributed by atoms with Crippen molar-refractivity contribution >= 4 is 39.5 Å². The number of esters is 4. The van der Waals surface area contributed by atoms with Crippen LogP contribution in [0.5, 0.6) is 0 Å². The maximum atomic E-state index is 13.0. The highest BCUT2D eigenvalue weighted by Crippen LogP contribution is 2.45. The second-order valence-corrected chi connectivity index (χ2v) is 26.9. The molecule has 0 rings (SSSR count). The first-order valence-electron chi connectivity index (χ1n) is 34.1. The summed E-state index contributed by atoms with van der Waals surface area (Å²) in [5, 5.41) is 10.5. The molecule has 5 atom stereocenters. The quantitative estimate of drug-likeness (QED) is 0.0222. The van der Waals surface area contributed by atoms with Crippen molar-refractivity contribution in [3.63, 3.8) is 0 Å². The lowest BCUT2D eigenvalue weighted by molar-refractivity contribution is -0.161. The lowest BCUT2D eigenvalue weighted by Crippen LogP contribution is -2.30. The fraction of sp³-hybridized carbons (Fsp3) is 0.938. The van der Waals surface area contributed by atoms with Crippen LogP contribution in [0.3, 0.4) is 0 Å². The zero-order chi connectivity index (χ0) is 62.0. The molecule has 0 aromatic carbocycles. The van der Waals surface area contributed by atoms with Crippen molar-refractivity contribution in [2.24, 2.45) is 5.92 Å². The second kappa shape index (κ2) is 58.7. The predicted molar refractivity (Wildman–Crippen MR) is 335 cm³/mol. The van der Waals surface area contributed by atoms with Gasteiger partial charge in [-0.25, -0.2) is 9.13 Å². The van der Waals surface area contributed by atoms with Gasteiger partial charge in [-0.05, 0) is 31.6 Å². The van der Waals surface area contributed by atoms with Crippen LogP contribution in [-0.4, -0.2) is 96.7 Å². The van der Waals surface area contributed by atoms with Gasteiger partial charge in [0.2, 0.25) is 0 Å². The van der Waals surface area contributed by atoms with Gasteiger partial charge in [0.25, 0.3) is 0 Å². The molecule has 84 heavy (non-hydrogen) atoms. The van der Waals surface area contributed by atoms with Crippen molar-refractivity contribution in [1.29, 1.82) is 0 Å². The number of hydrogen-bond acceptors (Lipinski definition) is 15. The fourth-order valence-electron chi connectivity index (χ4n) is 9.76. The molecule has 498 valence electrons. The van der Waals surface area contributed by atoms with Gasteiger partial charge >= 0.3 is 39.5 Å². The highest BCUT2D eigenvalue weighted by Gasteiger charge is 2.30. The van der Waals surface area contributed by atoms with Gasteiger partial charge in [-0.2, -0.15) is 0 Å². The third-order valence-electron chi connectivity index (χ3n) is 15.0. The van der Waals surface area contributed by atoms with Gasteiger partial charge in [-0.15, -0.1) is 0 Å². The van der Waals surface area contributed by atoms with Crippen LogP contribution < -0.4 is 0 Å². The molecule has 0 aliphatic carbocycles. The molecule has 2 unspecified atom stereocenters. The van der Waals surface area contributed by atoms with Crippen molar-refractivity contribution in [2.45, 2.75) is 348 Å². The van der Waals surface area contributed by atoms with Gasteiger partial charge in [0.05, 0.1) is 26.4 Å². The number of ether oxygens (including phenoxy) is 4. The number of carbonyl (C=O) groups is 4. The number of aliphatic hydroxyl groups is 1. The first-order chi connectivity index (χ1) is 40.5. The zero-order valence-corrected chi connectivity index (χ0v) is 55.8. The third-order valence-corrected chi connectivity index (χ3v) is 16.9. The van der Waals surface area contributed by atoms with E-state index in [2.05, 4.69) is 34.6 Å². The highest BCUT2D eigenvalue weighted by molar-refractivity contribution is 7.47. The number of unbranched alkanes of at least 4 members (excludes halogenated alkanes) is 37. The van der Waals surface area contributed by atoms with E-state index in [4.69, 9.17) is 37.0 Å². The molecule has 0 amide bonds. The van der Waals surface area contributed by atoms with E-state index in [0.29, 0.717) is 25.7 Å². The highest BCUT2D eigenvalue weighted by atomic mass is 31.2. The summed E-state index contributed by atoms with van der Waals surface area (Å²) in [7, 11) is -9.88. The lowest BCUT2D eigenvalue weighted by Gasteiger charge is -2.21. The summed E-state index contributed by atoms with van der Waals surface area (Å²) in [6, 6.07) is 0. The summed E-state index contributed by atoms with van der Waals surface area (Å²) in [5.74, 6) is -1.37. The van der Waals surface area contributed by atoms with Crippen LogP contribution in [-0.2, 0) is 65.4 Å². The summed E-state index contributed by atoms with van der Waals surface area (Å²) in [6.07, 6.45) is 43.0. The molecule has 0 aliphatic heterocycles. The number of aliphatic hydroxyl groups excluding tert-OH is 1. The fourth-order valence-corrected chi connectivity index (χ4v) is 11.3. The van der Waals surface area contributed by atoms with E-state index in [9.17, 15) is 43.2 Å². The smallest absolute Gasteiger partial charge is 0.462 e. The minimum Gasteiger partial charge on any atom is -0.462 e. The van der Waals surface area contributed by atoms with E-state index in [-0.39, 0.29) is 25.7 Å². The van der Waals surface area contributed by atoms with E-state index in [1.165, 1.54) is 154 Å². The summed E-state index contributed by atoms with van der Waals surface area (Å²) < 4.78 is 68.0. The monoisotopic (exact) mass is 1240 g/mol. The van der Waals surface area contributed by atoms with Crippen molar-refractivity contribution < 1.29 is 80.2 Å². The predicted octanol–water partition coefficient (Wildman–Crippen LogP) is 18.2. The first-order valence-corrected chi connectivity index (χ1v) is 37.1. The molecule has 0 aromatic heterocycles. The van der Waals surface area contributed by atoms with Gasteiger partial charge in [0.15, 0.2) is 12.2 Å². The molecule has 0 saturated heterocycles. The molecule has 0 spiro atoms. The Morgan fingerprint density at radius 3 is 0.810 bits per heavy atom. The minimum atomic E-state index is -4.94. The van der Waals surface area contributed by atoms with Crippen LogP contribution in [0.2, 0.25) is 0 Å². The minimum absolute atomic E-state index is 0.106. The van der Waals surface area contributed by atoms with Crippen molar-refractivity contribution in [3.8, 4) is 0 Å². The molecule has 0 saturated carbocycles. The zero-order valence-electron chi connectivity index (χ0n) is 54.0. The average molecular weight is 1240 g/mol. The molecule has 19 heteroatoms. The Morgan fingerprint density at radius 1 is 0.321 bits per heavy atom. The molecular formula is C65H126O17P2. The normalized spacial score (nSPS) is 14.2. The molecule has 0 bridgehead atoms. The summed E-state index contributed by atoms with van der Waals surface area (Å²) in [6.45, 7) is 7.18. The number of hydrogen-bond donors (Lipinski definition) is 3. The number of carbonyl (C=O) groups excluding carboxylic acids is 4. The van der Waals surface area contributed by atoms with Gasteiger partial charge in [-0.3, -0.25) is 37.3 Å². The molecule has 17 nitrogen and oxygen atoms in total. The first kappa shape index (κ1) is 82.1. The van der Waals surface area contributed by atoms with Crippen LogP contribution in [0.25, 0.3) is 0 Å². The molecule has 0 radical (unpaired) electrons. The Morgan fingerprint density at radius 2 is 0.548 bits per heavy atom. The molecular weight excluding hydrogens is 1110 g/mol. The largest absolute Gasteiger partial charge is 0.472 e. The van der Waals surface area contributed by atoms with Gasteiger partial charge < -0.3 is 33.8 Å². The van der Waals surface area contributed by atoms with Crippen LogP contribution >= 0.6 is 15.6 Å². The van der Waals surface area contributed by atoms with Crippen molar-refractivity contribution in [3.05, 3.63) is 0 Å². The van der Waals surface area contributed by atoms with Crippen molar-refractivity contribution in [2.75, 3.05) is 39.6 Å². The van der Waals surface area contributed by atoms with E-state index in [1.54, 1.807) is 0 Å². The Hall–Kier alpha value is -1.94. The van der Waals surface area contributed by atoms with Crippen LogP contribution in [0.4, 0.5) is 0 Å². The molecule has 0 aromatic rings. The Labute approximate surface area is 511 Å². The standard InChI is InChI=1S/C65H126O17P2/c1-6-9-12-15-18-21-22-25-30-34-39-44-49-63(68)76-55-61(82-65(70)51-46-41-36-31-26-23-24-29-32-37-42-47-58(4)5)57-80-84(73,74)78-53-59(66)52-77-83(71,72)79-56-60(81-64(69)50-45-40-35-28-20-17-14-11-8-3)54-75-62(67)48-43-38-33-27-19-16-13-10-7-2/h58-61,66H,6-57H2,1-5H3,(H,71,72)(H,73,74)/t59-,60+,61+/m0/s1. The Bertz CT molecular complexity index is 1640. The van der Waals surface area contributed by atoms with E-state index < -0.39 is 97.5 Å². The molecule has 0 aliphatic rings. The van der Waals surface area contributed by atoms with Crippen LogP contribution in [0.15, 0.2) is 0 Å². The van der Waals surface area contributed by atoms with Crippen LogP contribution in [0.1, 0.15) is 330 Å². The van der Waals surface area contributed by atoms with Gasteiger partial charge in [-0.1, -0.05) is 279 Å². The lowest BCUT2D eigenvalue weighted by atomic mass is 10.0. The second-order valence-electron chi connectivity index (χ2n) is 24.0. The van der Waals surface area contributed by atoms with Crippen LogP contribution in [0, 0.1) is 5.92 Å². The summed E-state index contributed by atoms with van der Waals surface area (Å²) in [5.41, 5.74) is 0. The molecule has 0 fully saturated rings. The maximum Gasteiger partial charge on any atom is 0.472 e.